The molecule has 0 saturated heterocycles. The summed E-state index contributed by atoms with van der Waals surface area (Å²) in [5.41, 5.74) is 4.41. The van der Waals surface area contributed by atoms with Crippen molar-refractivity contribution in [3.63, 3.8) is 0 Å². The second-order valence-corrected chi connectivity index (χ2v) is 12.1. The average molecular weight is 533 g/mol. The number of carbonyl (C=O) groups is 1. The van der Waals surface area contributed by atoms with Gasteiger partial charge in [-0.05, 0) is 98.5 Å². The van der Waals surface area contributed by atoms with Crippen molar-refractivity contribution in [3.8, 4) is 0 Å². The van der Waals surface area contributed by atoms with Gasteiger partial charge in [0.2, 0.25) is 0 Å². The quantitative estimate of drug-likeness (QED) is 0.145. The van der Waals surface area contributed by atoms with Crippen LogP contribution in [-0.4, -0.2) is 5.97 Å². The van der Waals surface area contributed by atoms with Gasteiger partial charge in [-0.25, -0.2) is 0 Å². The van der Waals surface area contributed by atoms with Crippen LogP contribution in [0, 0.1) is 0 Å². The fraction of sp³-hybridized carbons (Fsp3) is 0.457. The molecule has 0 N–H and O–H groups in total. The maximum atomic E-state index is 8.89. The van der Waals surface area contributed by atoms with E-state index in [0.29, 0.717) is 0 Å². The summed E-state index contributed by atoms with van der Waals surface area (Å²) in [4.78, 5) is 13.2. The van der Waals surface area contributed by atoms with Gasteiger partial charge in [-0.3, -0.25) is 0 Å². The van der Waals surface area contributed by atoms with Gasteiger partial charge in [0.15, 0.2) is 14.7 Å². The van der Waals surface area contributed by atoms with Crippen LogP contribution < -0.4 is 5.11 Å². The number of carboxylic acid groups (broad SMARTS) is 1. The van der Waals surface area contributed by atoms with Gasteiger partial charge >= 0.3 is 0 Å². The Hall–Kier alpha value is -2.52. The molecule has 0 heterocycles. The summed E-state index contributed by atoms with van der Waals surface area (Å²) in [6.45, 7) is 7.80. The van der Waals surface area contributed by atoms with Gasteiger partial charge in [0.25, 0.3) is 0 Å². The number of unbranched alkanes of at least 4 members (excludes halogenated alkanes) is 6. The summed E-state index contributed by atoms with van der Waals surface area (Å²) in [7, 11) is -0.0614. The van der Waals surface area contributed by atoms with Crippen molar-refractivity contribution in [2.24, 2.45) is 0 Å². The van der Waals surface area contributed by atoms with Crippen LogP contribution in [0.3, 0.4) is 0 Å². The standard InChI is InChI=1S/C33H45S.C2H4O2/c1-4-7-10-13-28-16-22-31(23-17-28)34(32-24-18-29(19-25-32)14-11-8-5-2)33-26-20-30(21-27-33)15-12-9-6-3;1-2(3)4/h16-27H,4-15H2,1-3H3;1H3,(H,3,4)/q+1;/p-1. The summed E-state index contributed by atoms with van der Waals surface area (Å²) in [6.07, 6.45) is 15.3. The van der Waals surface area contributed by atoms with E-state index in [1.165, 1.54) is 108 Å². The fourth-order valence-electron chi connectivity index (χ4n) is 4.52. The van der Waals surface area contributed by atoms with Crippen molar-refractivity contribution >= 4 is 16.9 Å². The topological polar surface area (TPSA) is 40.1 Å². The molecular formula is C35H48O2S. The summed E-state index contributed by atoms with van der Waals surface area (Å²) in [6, 6.07) is 28.5. The summed E-state index contributed by atoms with van der Waals surface area (Å²) < 4.78 is 0. The first-order chi connectivity index (χ1) is 18.5. The second kappa shape index (κ2) is 18.7. The predicted molar refractivity (Wildman–Crippen MR) is 162 cm³/mol. The number of aliphatic carboxylic acids is 1. The lowest BCUT2D eigenvalue weighted by molar-refractivity contribution is -0.302. The van der Waals surface area contributed by atoms with Crippen molar-refractivity contribution in [2.75, 3.05) is 0 Å². The Bertz CT molecular complexity index is 892. The molecular weight excluding hydrogens is 484 g/mol. The van der Waals surface area contributed by atoms with E-state index in [1.54, 1.807) is 0 Å². The highest BCUT2D eigenvalue weighted by molar-refractivity contribution is 7.97. The molecule has 3 aromatic rings. The second-order valence-electron chi connectivity index (χ2n) is 10.1. The summed E-state index contributed by atoms with van der Waals surface area (Å²) in [5.74, 6) is -1.08. The molecule has 0 fully saturated rings. The van der Waals surface area contributed by atoms with Gasteiger partial charge < -0.3 is 9.90 Å². The van der Waals surface area contributed by atoms with Gasteiger partial charge in [-0.15, -0.1) is 0 Å². The van der Waals surface area contributed by atoms with E-state index in [0.717, 1.165) is 6.92 Å². The molecule has 3 aromatic carbocycles. The van der Waals surface area contributed by atoms with Gasteiger partial charge in [0.1, 0.15) is 0 Å². The van der Waals surface area contributed by atoms with Crippen molar-refractivity contribution in [2.45, 2.75) is 119 Å². The van der Waals surface area contributed by atoms with E-state index >= 15 is 0 Å². The van der Waals surface area contributed by atoms with E-state index in [-0.39, 0.29) is 10.9 Å². The molecule has 3 heteroatoms. The van der Waals surface area contributed by atoms with E-state index in [9.17, 15) is 0 Å². The van der Waals surface area contributed by atoms with Crippen molar-refractivity contribution in [1.29, 1.82) is 0 Å². The minimum atomic E-state index is -1.08. The van der Waals surface area contributed by atoms with Crippen LogP contribution in [0.1, 0.15) is 102 Å². The normalized spacial score (nSPS) is 10.8. The van der Waals surface area contributed by atoms with Gasteiger partial charge in [-0.2, -0.15) is 0 Å². The Morgan fingerprint density at radius 3 is 0.974 bits per heavy atom. The van der Waals surface area contributed by atoms with Gasteiger partial charge in [0.05, 0.1) is 10.9 Å². The molecule has 0 aliphatic carbocycles. The smallest absolute Gasteiger partial charge is 0.166 e. The van der Waals surface area contributed by atoms with E-state index in [2.05, 4.69) is 93.6 Å². The highest BCUT2D eigenvalue weighted by Crippen LogP contribution is 2.32. The molecule has 0 bridgehead atoms. The molecule has 0 atom stereocenters. The Balaban J connectivity index is 0.00000118. The maximum Gasteiger partial charge on any atom is 0.166 e. The number of rotatable bonds is 15. The Morgan fingerprint density at radius 2 is 0.763 bits per heavy atom. The Labute approximate surface area is 235 Å². The third-order valence-electron chi connectivity index (χ3n) is 6.68. The minimum absolute atomic E-state index is 0.0614. The number of hydrogen-bond donors (Lipinski definition) is 0. The van der Waals surface area contributed by atoms with Crippen LogP contribution in [0.25, 0.3) is 0 Å². The lowest BCUT2D eigenvalue weighted by Gasteiger charge is -2.11. The number of aryl methyl sites for hydroxylation is 3. The number of carbonyl (C=O) groups excluding carboxylic acids is 1. The highest BCUT2D eigenvalue weighted by Gasteiger charge is 2.28. The Kier molecular flexibility index (Phi) is 15.6. The predicted octanol–water partition coefficient (Wildman–Crippen LogP) is 8.74. The fourth-order valence-corrected chi connectivity index (χ4v) is 6.56. The van der Waals surface area contributed by atoms with Crippen molar-refractivity contribution < 1.29 is 9.90 Å². The molecule has 3 rings (SSSR count). The third-order valence-corrected chi connectivity index (χ3v) is 8.91. The molecule has 0 aromatic heterocycles. The first kappa shape index (κ1) is 31.7. The summed E-state index contributed by atoms with van der Waals surface area (Å²) in [5, 5.41) is 8.89. The van der Waals surface area contributed by atoms with Crippen LogP contribution >= 0.6 is 0 Å². The molecule has 0 amide bonds. The Morgan fingerprint density at radius 1 is 0.526 bits per heavy atom. The van der Waals surface area contributed by atoms with Crippen molar-refractivity contribution in [1.82, 2.24) is 0 Å². The maximum absolute atomic E-state index is 8.89. The highest BCUT2D eigenvalue weighted by atomic mass is 32.2. The minimum Gasteiger partial charge on any atom is -0.550 e. The molecule has 38 heavy (non-hydrogen) atoms. The monoisotopic (exact) mass is 532 g/mol. The number of benzene rings is 3. The molecule has 0 spiro atoms. The number of hydrogen-bond acceptors (Lipinski definition) is 2. The van der Waals surface area contributed by atoms with Crippen LogP contribution in [-0.2, 0) is 35.0 Å². The van der Waals surface area contributed by atoms with E-state index < -0.39 is 5.97 Å². The van der Waals surface area contributed by atoms with Crippen LogP contribution in [0.5, 0.6) is 0 Å². The van der Waals surface area contributed by atoms with Crippen LogP contribution in [0.15, 0.2) is 87.5 Å². The molecule has 0 saturated carbocycles. The largest absolute Gasteiger partial charge is 0.550 e. The molecule has 0 aliphatic heterocycles. The molecule has 0 unspecified atom stereocenters. The lowest BCUT2D eigenvalue weighted by atomic mass is 10.1. The van der Waals surface area contributed by atoms with Gasteiger partial charge in [0, 0.05) is 5.97 Å². The zero-order valence-corrected chi connectivity index (χ0v) is 25.0. The third kappa shape index (κ3) is 11.9. The zero-order chi connectivity index (χ0) is 27.6. The first-order valence-corrected chi connectivity index (χ1v) is 15.9. The van der Waals surface area contributed by atoms with Gasteiger partial charge in [-0.1, -0.05) is 95.7 Å². The lowest BCUT2D eigenvalue weighted by Crippen LogP contribution is -2.16. The summed E-state index contributed by atoms with van der Waals surface area (Å²) >= 11 is 0. The SMILES string of the molecule is CC(=O)[O-].CCCCCc1ccc([S+](c2ccc(CCCCC)cc2)c2ccc(CCCCC)cc2)cc1. The van der Waals surface area contributed by atoms with Crippen LogP contribution in [0.2, 0.25) is 0 Å². The van der Waals surface area contributed by atoms with Crippen LogP contribution in [0.4, 0.5) is 0 Å². The number of carboxylic acids is 1. The molecule has 0 aliphatic rings. The first-order valence-electron chi connectivity index (χ1n) is 14.7. The molecule has 0 radical (unpaired) electrons. The zero-order valence-electron chi connectivity index (χ0n) is 24.1. The molecule has 2 nitrogen and oxygen atoms in total. The van der Waals surface area contributed by atoms with Crippen molar-refractivity contribution in [3.05, 3.63) is 89.5 Å². The van der Waals surface area contributed by atoms with E-state index in [1.807, 2.05) is 0 Å². The molecule has 206 valence electrons. The van der Waals surface area contributed by atoms with E-state index in [4.69, 9.17) is 9.90 Å². The average Bonchev–Trinajstić information content (AvgIpc) is 2.92.